The first-order chi connectivity index (χ1) is 6.20. The first-order valence-corrected chi connectivity index (χ1v) is 4.08. The summed E-state index contributed by atoms with van der Waals surface area (Å²) in [4.78, 5) is 0. The molecule has 0 aromatic heterocycles. The zero-order valence-corrected chi connectivity index (χ0v) is 7.75. The third kappa shape index (κ3) is 1.98. The lowest BCUT2D eigenvalue weighted by Crippen LogP contribution is -2.03. The highest BCUT2D eigenvalue weighted by molar-refractivity contribution is 5.41. The molecule has 1 N–H and O–H groups in total. The fourth-order valence-corrected chi connectivity index (χ4v) is 1.30. The molecule has 13 heavy (non-hydrogen) atoms. The number of para-hydroxylation sites is 1. The smallest absolute Gasteiger partial charge is 0.127 e. The van der Waals surface area contributed by atoms with Crippen molar-refractivity contribution in [3.8, 4) is 5.75 Å². The first-order valence-electron chi connectivity index (χ1n) is 4.08. The normalized spacial score (nSPS) is 12.6. The van der Waals surface area contributed by atoms with E-state index < -0.39 is 12.8 Å². The highest BCUT2D eigenvalue weighted by atomic mass is 19.1. The average Bonchev–Trinajstić information content (AvgIpc) is 2.16. The number of hydrogen-bond donors (Lipinski definition) is 1. The van der Waals surface area contributed by atoms with Gasteiger partial charge in [-0.3, -0.25) is 0 Å². The number of ether oxygens (including phenoxy) is 1. The standard InChI is InChI=1S/C10H13FO2/c1-7-4-3-5-8(9(12)6-11)10(7)13-2/h3-5,9,12H,6H2,1-2H3. The zero-order chi connectivity index (χ0) is 9.84. The van der Waals surface area contributed by atoms with Crippen LogP contribution >= 0.6 is 0 Å². The summed E-state index contributed by atoms with van der Waals surface area (Å²) in [5, 5.41) is 9.31. The van der Waals surface area contributed by atoms with E-state index in [1.807, 2.05) is 13.0 Å². The van der Waals surface area contributed by atoms with Gasteiger partial charge >= 0.3 is 0 Å². The van der Waals surface area contributed by atoms with Crippen LogP contribution in [0.15, 0.2) is 18.2 Å². The fraction of sp³-hybridized carbons (Fsp3) is 0.400. The van der Waals surface area contributed by atoms with Gasteiger partial charge in [0, 0.05) is 5.56 Å². The van der Waals surface area contributed by atoms with Crippen LogP contribution < -0.4 is 4.74 Å². The maximum Gasteiger partial charge on any atom is 0.127 e. The molecule has 0 heterocycles. The van der Waals surface area contributed by atoms with Crippen molar-refractivity contribution in [1.82, 2.24) is 0 Å². The van der Waals surface area contributed by atoms with E-state index in [-0.39, 0.29) is 0 Å². The van der Waals surface area contributed by atoms with Crippen molar-refractivity contribution in [2.45, 2.75) is 13.0 Å². The Hall–Kier alpha value is -1.09. The van der Waals surface area contributed by atoms with Crippen molar-refractivity contribution in [3.05, 3.63) is 29.3 Å². The number of halogens is 1. The minimum absolute atomic E-state index is 0.505. The molecular weight excluding hydrogens is 171 g/mol. The van der Waals surface area contributed by atoms with Gasteiger partial charge < -0.3 is 9.84 Å². The Morgan fingerprint density at radius 2 is 2.23 bits per heavy atom. The van der Waals surface area contributed by atoms with Crippen molar-refractivity contribution in [3.63, 3.8) is 0 Å². The number of aliphatic hydroxyl groups is 1. The lowest BCUT2D eigenvalue weighted by atomic mass is 10.1. The van der Waals surface area contributed by atoms with Gasteiger partial charge in [-0.05, 0) is 12.5 Å². The predicted molar refractivity (Wildman–Crippen MR) is 48.7 cm³/mol. The second-order valence-corrected chi connectivity index (χ2v) is 2.87. The van der Waals surface area contributed by atoms with Gasteiger partial charge in [-0.2, -0.15) is 0 Å². The van der Waals surface area contributed by atoms with E-state index in [0.717, 1.165) is 5.56 Å². The Bertz CT molecular complexity index is 286. The highest BCUT2D eigenvalue weighted by Gasteiger charge is 2.13. The van der Waals surface area contributed by atoms with Gasteiger partial charge in [0.15, 0.2) is 0 Å². The van der Waals surface area contributed by atoms with Crippen LogP contribution in [0.1, 0.15) is 17.2 Å². The molecule has 0 bridgehead atoms. The van der Waals surface area contributed by atoms with Crippen molar-refractivity contribution in [2.75, 3.05) is 13.8 Å². The quantitative estimate of drug-likeness (QED) is 0.778. The summed E-state index contributed by atoms with van der Waals surface area (Å²) < 4.78 is 17.3. The molecule has 0 spiro atoms. The summed E-state index contributed by atoms with van der Waals surface area (Å²) in [6, 6.07) is 5.29. The molecule has 1 atom stereocenters. The van der Waals surface area contributed by atoms with E-state index in [9.17, 15) is 9.50 Å². The minimum atomic E-state index is -1.09. The third-order valence-electron chi connectivity index (χ3n) is 1.95. The van der Waals surface area contributed by atoms with Crippen molar-refractivity contribution >= 4 is 0 Å². The molecule has 1 aromatic rings. The summed E-state index contributed by atoms with van der Waals surface area (Å²) in [7, 11) is 1.51. The van der Waals surface area contributed by atoms with Gasteiger partial charge in [-0.1, -0.05) is 18.2 Å². The number of rotatable bonds is 3. The van der Waals surface area contributed by atoms with Crippen LogP contribution in [0.3, 0.4) is 0 Å². The van der Waals surface area contributed by atoms with Gasteiger partial charge in [-0.25, -0.2) is 4.39 Å². The van der Waals surface area contributed by atoms with E-state index in [1.165, 1.54) is 7.11 Å². The molecule has 0 aliphatic heterocycles. The first kappa shape index (κ1) is 9.99. The van der Waals surface area contributed by atoms with Crippen LogP contribution in [-0.2, 0) is 0 Å². The number of benzene rings is 1. The molecule has 0 aliphatic rings. The molecule has 1 unspecified atom stereocenters. The molecule has 72 valence electrons. The average molecular weight is 184 g/mol. The molecule has 0 saturated carbocycles. The summed E-state index contributed by atoms with van der Waals surface area (Å²) >= 11 is 0. The van der Waals surface area contributed by atoms with Crippen LogP contribution in [0.4, 0.5) is 4.39 Å². The van der Waals surface area contributed by atoms with Crippen LogP contribution in [0.25, 0.3) is 0 Å². The Kier molecular flexibility index (Phi) is 3.25. The van der Waals surface area contributed by atoms with E-state index in [4.69, 9.17) is 4.74 Å². The van der Waals surface area contributed by atoms with Gasteiger partial charge in [0.1, 0.15) is 18.5 Å². The van der Waals surface area contributed by atoms with E-state index in [2.05, 4.69) is 0 Å². The number of aryl methyl sites for hydroxylation is 1. The molecular formula is C10H13FO2. The molecule has 0 saturated heterocycles. The molecule has 1 aromatic carbocycles. The highest BCUT2D eigenvalue weighted by Crippen LogP contribution is 2.28. The summed E-state index contributed by atoms with van der Waals surface area (Å²) in [6.45, 7) is 1.06. The Morgan fingerprint density at radius 3 is 2.77 bits per heavy atom. The van der Waals surface area contributed by atoms with Crippen LogP contribution in [0, 0.1) is 6.92 Å². The Balaban J connectivity index is 3.12. The molecule has 0 aliphatic carbocycles. The second kappa shape index (κ2) is 4.23. The number of methoxy groups -OCH3 is 1. The number of aliphatic hydroxyl groups excluding tert-OH is 1. The topological polar surface area (TPSA) is 29.5 Å². The van der Waals surface area contributed by atoms with Gasteiger partial charge in [0.2, 0.25) is 0 Å². The van der Waals surface area contributed by atoms with Gasteiger partial charge in [0.05, 0.1) is 7.11 Å². The monoisotopic (exact) mass is 184 g/mol. The maximum atomic E-state index is 12.2. The van der Waals surface area contributed by atoms with Crippen LogP contribution in [0.2, 0.25) is 0 Å². The minimum Gasteiger partial charge on any atom is -0.496 e. The lowest BCUT2D eigenvalue weighted by Gasteiger charge is -2.13. The summed E-state index contributed by atoms with van der Waals surface area (Å²) in [5.41, 5.74) is 1.40. The molecule has 1 rings (SSSR count). The van der Waals surface area contributed by atoms with Crippen molar-refractivity contribution in [2.24, 2.45) is 0 Å². The molecule has 3 heteroatoms. The number of alkyl halides is 1. The largest absolute Gasteiger partial charge is 0.496 e. The van der Waals surface area contributed by atoms with Crippen molar-refractivity contribution < 1.29 is 14.2 Å². The Morgan fingerprint density at radius 1 is 1.54 bits per heavy atom. The molecule has 0 fully saturated rings. The van der Waals surface area contributed by atoms with E-state index in [1.54, 1.807) is 12.1 Å². The van der Waals surface area contributed by atoms with Gasteiger partial charge in [0.25, 0.3) is 0 Å². The third-order valence-corrected chi connectivity index (χ3v) is 1.95. The zero-order valence-electron chi connectivity index (χ0n) is 7.75. The Labute approximate surface area is 77.0 Å². The van der Waals surface area contributed by atoms with E-state index >= 15 is 0 Å². The predicted octanol–water partition coefficient (Wildman–Crippen LogP) is 2.01. The molecule has 2 nitrogen and oxygen atoms in total. The lowest BCUT2D eigenvalue weighted by molar-refractivity contribution is 0.138. The summed E-state index contributed by atoms with van der Waals surface area (Å²) in [5.74, 6) is 0.563. The van der Waals surface area contributed by atoms with Gasteiger partial charge in [-0.15, -0.1) is 0 Å². The van der Waals surface area contributed by atoms with Crippen LogP contribution in [-0.4, -0.2) is 18.9 Å². The maximum absolute atomic E-state index is 12.2. The molecule has 0 radical (unpaired) electrons. The number of hydrogen-bond acceptors (Lipinski definition) is 2. The SMILES string of the molecule is COc1c(C)cccc1C(O)CF. The second-order valence-electron chi connectivity index (χ2n) is 2.87. The molecule has 0 amide bonds. The van der Waals surface area contributed by atoms with E-state index in [0.29, 0.717) is 11.3 Å². The fourth-order valence-electron chi connectivity index (χ4n) is 1.30. The van der Waals surface area contributed by atoms with Crippen molar-refractivity contribution in [1.29, 1.82) is 0 Å². The van der Waals surface area contributed by atoms with Crippen LogP contribution in [0.5, 0.6) is 5.75 Å². The summed E-state index contributed by atoms with van der Waals surface area (Å²) in [6.07, 6.45) is -1.09.